The van der Waals surface area contributed by atoms with Gasteiger partial charge < -0.3 is 4.74 Å². The Morgan fingerprint density at radius 2 is 1.67 bits per heavy atom. The second-order valence-corrected chi connectivity index (χ2v) is 8.57. The lowest BCUT2D eigenvalue weighted by Crippen LogP contribution is -2.41. The molecule has 3 aromatic rings. The predicted octanol–water partition coefficient (Wildman–Crippen LogP) is 5.86. The molecule has 33 heavy (non-hydrogen) atoms. The third-order valence-electron chi connectivity index (χ3n) is 6.07. The zero-order chi connectivity index (χ0) is 23.9. The predicted molar refractivity (Wildman–Crippen MR) is 118 cm³/mol. The van der Waals surface area contributed by atoms with Crippen molar-refractivity contribution in [1.29, 1.82) is 0 Å². The van der Waals surface area contributed by atoms with Gasteiger partial charge >= 0.3 is 5.97 Å². The van der Waals surface area contributed by atoms with E-state index in [2.05, 4.69) is 0 Å². The van der Waals surface area contributed by atoms with Crippen LogP contribution in [-0.4, -0.2) is 24.0 Å². The van der Waals surface area contributed by atoms with Gasteiger partial charge in [0.2, 0.25) is 0 Å². The molecule has 7 heteroatoms. The molecule has 0 aromatic heterocycles. The van der Waals surface area contributed by atoms with Gasteiger partial charge in [-0.3, -0.25) is 14.5 Å². The molecule has 4 nitrogen and oxygen atoms in total. The van der Waals surface area contributed by atoms with E-state index in [0.717, 1.165) is 21.6 Å². The van der Waals surface area contributed by atoms with Gasteiger partial charge in [-0.15, -0.1) is 0 Å². The fraction of sp³-hybridized carbons (Fsp3) is 0.231. The minimum Gasteiger partial charge on any atom is -0.458 e. The maximum atomic E-state index is 14.4. The molecule has 1 aliphatic heterocycles. The highest BCUT2D eigenvalue weighted by atomic mass is 19.1. The van der Waals surface area contributed by atoms with Crippen LogP contribution in [0, 0.1) is 17.5 Å². The Kier molecular flexibility index (Phi) is 5.74. The Morgan fingerprint density at radius 3 is 2.36 bits per heavy atom. The van der Waals surface area contributed by atoms with E-state index in [-0.39, 0.29) is 11.6 Å². The molecular weight excluding hydrogens is 431 g/mol. The van der Waals surface area contributed by atoms with Crippen molar-refractivity contribution in [2.24, 2.45) is 0 Å². The summed E-state index contributed by atoms with van der Waals surface area (Å²) in [6.45, 7) is 4.90. The number of cyclic esters (lactones) is 1. The number of benzene rings is 3. The Morgan fingerprint density at radius 1 is 1.00 bits per heavy atom. The number of esters is 1. The van der Waals surface area contributed by atoms with Crippen LogP contribution in [0.2, 0.25) is 0 Å². The second kappa shape index (κ2) is 8.39. The lowest BCUT2D eigenvalue weighted by Gasteiger charge is -2.33. The molecule has 1 amide bonds. The Balaban J connectivity index is 1.90. The average Bonchev–Trinajstić information content (AvgIpc) is 2.76. The highest BCUT2D eigenvalue weighted by Gasteiger charge is 2.35. The van der Waals surface area contributed by atoms with Crippen molar-refractivity contribution in [2.75, 3.05) is 11.4 Å². The van der Waals surface area contributed by atoms with Crippen LogP contribution in [0.4, 0.5) is 18.9 Å². The summed E-state index contributed by atoms with van der Waals surface area (Å²) >= 11 is 0. The van der Waals surface area contributed by atoms with Gasteiger partial charge in [-0.05, 0) is 42.7 Å². The summed E-state index contributed by atoms with van der Waals surface area (Å²) in [7, 11) is 0. The first-order chi connectivity index (χ1) is 15.6. The monoisotopic (exact) mass is 453 g/mol. The highest BCUT2D eigenvalue weighted by molar-refractivity contribution is 6.09. The van der Waals surface area contributed by atoms with Crippen LogP contribution in [0.1, 0.15) is 42.6 Å². The first kappa shape index (κ1) is 22.6. The molecule has 0 fully saturated rings. The number of carbonyl (C=O) groups is 2. The maximum Gasteiger partial charge on any atom is 0.326 e. The molecule has 3 aromatic carbocycles. The van der Waals surface area contributed by atoms with Crippen LogP contribution in [0.3, 0.4) is 0 Å². The summed E-state index contributed by atoms with van der Waals surface area (Å²) in [5.41, 5.74) is 0.952. The molecule has 0 unspecified atom stereocenters. The molecule has 0 saturated carbocycles. The number of halogens is 3. The summed E-state index contributed by atoms with van der Waals surface area (Å²) in [4.78, 5) is 27.1. The van der Waals surface area contributed by atoms with Crippen molar-refractivity contribution in [1.82, 2.24) is 0 Å². The molecule has 0 aliphatic carbocycles. The van der Waals surface area contributed by atoms with Gasteiger partial charge in [-0.2, -0.15) is 0 Å². The summed E-state index contributed by atoms with van der Waals surface area (Å²) in [6.07, 6.45) is 0. The Bertz CT molecular complexity index is 1230. The first-order valence-corrected chi connectivity index (χ1v) is 10.5. The average molecular weight is 453 g/mol. The fourth-order valence-corrected chi connectivity index (χ4v) is 4.06. The normalized spacial score (nSPS) is 17.6. The molecule has 2 bridgehead atoms. The molecule has 0 saturated heterocycles. The van der Waals surface area contributed by atoms with Gasteiger partial charge in [-0.25, -0.2) is 13.2 Å². The number of rotatable bonds is 1. The van der Waals surface area contributed by atoms with Crippen LogP contribution in [0.25, 0.3) is 11.1 Å². The molecule has 1 aliphatic rings. The molecule has 1 atom stereocenters. The van der Waals surface area contributed by atoms with E-state index in [9.17, 15) is 22.8 Å². The third kappa shape index (κ3) is 4.23. The number of amides is 1. The van der Waals surface area contributed by atoms with Crippen molar-refractivity contribution in [2.45, 2.75) is 32.3 Å². The van der Waals surface area contributed by atoms with Crippen molar-refractivity contribution in [3.05, 3.63) is 89.2 Å². The smallest absolute Gasteiger partial charge is 0.326 e. The van der Waals surface area contributed by atoms with Gasteiger partial charge in [0, 0.05) is 23.7 Å². The number of fused-ring (bicyclic) bond motifs is 4. The van der Waals surface area contributed by atoms with Gasteiger partial charge in [0.1, 0.15) is 35.2 Å². The standard InChI is InChI=1S/C26H22F3NO3/c1-15-19-9-4-5-10-20(19)16-7-6-8-18(11-16)30(14-23(31)33-26(15,2)3)25(32)24-21(28)12-17(27)13-22(24)29/h4-13,15H,14H2,1-3H3/t15-/m1/s1. The zero-order valence-corrected chi connectivity index (χ0v) is 18.4. The minimum absolute atomic E-state index is 0.199. The van der Waals surface area contributed by atoms with E-state index < -0.39 is 47.0 Å². The van der Waals surface area contributed by atoms with Crippen LogP contribution in [0.5, 0.6) is 0 Å². The largest absolute Gasteiger partial charge is 0.458 e. The van der Waals surface area contributed by atoms with Gasteiger partial charge in [-0.1, -0.05) is 43.3 Å². The number of hydrogen-bond acceptors (Lipinski definition) is 3. The Hall–Kier alpha value is -3.61. The number of hydrogen-bond donors (Lipinski definition) is 0. The number of nitrogens with zero attached hydrogens (tertiary/aromatic N) is 1. The zero-order valence-electron chi connectivity index (χ0n) is 18.4. The van der Waals surface area contributed by atoms with Crippen LogP contribution in [0.15, 0.2) is 60.7 Å². The molecule has 0 spiro atoms. The maximum absolute atomic E-state index is 14.4. The molecule has 4 rings (SSSR count). The fourth-order valence-electron chi connectivity index (χ4n) is 4.06. The van der Waals surface area contributed by atoms with Gasteiger partial charge in [0.25, 0.3) is 5.91 Å². The number of ether oxygens (including phenoxy) is 1. The molecule has 0 N–H and O–H groups in total. The summed E-state index contributed by atoms with van der Waals surface area (Å²) < 4.78 is 47.9. The van der Waals surface area contributed by atoms with E-state index >= 15 is 0 Å². The highest BCUT2D eigenvalue weighted by Crippen LogP contribution is 2.39. The molecule has 1 heterocycles. The van der Waals surface area contributed by atoms with Crippen molar-refractivity contribution < 1.29 is 27.5 Å². The first-order valence-electron chi connectivity index (χ1n) is 10.5. The molecule has 0 radical (unpaired) electrons. The number of carbonyl (C=O) groups excluding carboxylic acids is 2. The lowest BCUT2D eigenvalue weighted by molar-refractivity contribution is -0.156. The summed E-state index contributed by atoms with van der Waals surface area (Å²) in [6, 6.07) is 15.3. The van der Waals surface area contributed by atoms with Gasteiger partial charge in [0.05, 0.1) is 0 Å². The number of anilines is 1. The van der Waals surface area contributed by atoms with E-state index in [1.165, 1.54) is 0 Å². The van der Waals surface area contributed by atoms with E-state index in [4.69, 9.17) is 4.74 Å². The third-order valence-corrected chi connectivity index (χ3v) is 6.07. The van der Waals surface area contributed by atoms with Crippen molar-refractivity contribution in [3.63, 3.8) is 0 Å². The minimum atomic E-state index is -1.35. The van der Waals surface area contributed by atoms with Crippen LogP contribution >= 0.6 is 0 Å². The van der Waals surface area contributed by atoms with E-state index in [0.29, 0.717) is 12.1 Å². The summed E-state index contributed by atoms with van der Waals surface area (Å²) in [5, 5.41) is 0. The topological polar surface area (TPSA) is 46.6 Å². The Labute approximate surface area is 189 Å². The van der Waals surface area contributed by atoms with Crippen molar-refractivity contribution in [3.8, 4) is 11.1 Å². The van der Waals surface area contributed by atoms with Crippen molar-refractivity contribution >= 4 is 17.6 Å². The second-order valence-electron chi connectivity index (χ2n) is 8.57. The quantitative estimate of drug-likeness (QED) is 0.434. The summed E-state index contributed by atoms with van der Waals surface area (Å²) in [5.74, 6) is -5.90. The van der Waals surface area contributed by atoms with Crippen LogP contribution < -0.4 is 4.90 Å². The molecular formula is C26H22F3NO3. The van der Waals surface area contributed by atoms with Crippen LogP contribution in [-0.2, 0) is 9.53 Å². The lowest BCUT2D eigenvalue weighted by atomic mass is 9.82. The van der Waals surface area contributed by atoms with Gasteiger partial charge in [0.15, 0.2) is 0 Å². The van der Waals surface area contributed by atoms with E-state index in [1.54, 1.807) is 32.0 Å². The SMILES string of the molecule is C[C@@H]1c2ccccc2-c2cccc(c2)N(C(=O)c2c(F)cc(F)cc2F)CC(=O)OC1(C)C. The van der Waals surface area contributed by atoms with E-state index in [1.807, 2.05) is 37.3 Å². The molecule has 170 valence electrons.